The number of carbonyl (C=O) groups excluding carboxylic acids is 1. The maximum atomic E-state index is 12.9. The quantitative estimate of drug-likeness (QED) is 0.782. The van der Waals surface area contributed by atoms with Crippen molar-refractivity contribution >= 4 is 5.91 Å². The van der Waals surface area contributed by atoms with Crippen molar-refractivity contribution in [2.24, 2.45) is 0 Å². The molecule has 0 saturated carbocycles. The van der Waals surface area contributed by atoms with Gasteiger partial charge in [0.2, 0.25) is 5.91 Å². The normalized spacial score (nSPS) is 19.1. The van der Waals surface area contributed by atoms with Gasteiger partial charge < -0.3 is 9.64 Å². The molecule has 9 heteroatoms. The smallest absolute Gasteiger partial charge is 0.387 e. The molecule has 2 aliphatic heterocycles. The minimum atomic E-state index is -2.88. The number of likely N-dealkylation sites (tertiary alicyclic amines) is 1. The van der Waals surface area contributed by atoms with E-state index in [1.807, 2.05) is 4.90 Å². The lowest BCUT2D eigenvalue weighted by Gasteiger charge is -2.27. The van der Waals surface area contributed by atoms with Crippen LogP contribution in [0.1, 0.15) is 43.1 Å². The largest absolute Gasteiger partial charge is 0.435 e. The topological polar surface area (TPSA) is 69.4 Å². The Balaban J connectivity index is 1.55. The molecule has 1 aromatic heterocycles. The molecule has 28 heavy (non-hydrogen) atoms. The summed E-state index contributed by atoms with van der Waals surface area (Å²) >= 11 is 0. The lowest BCUT2D eigenvalue weighted by Crippen LogP contribution is -2.41. The molecule has 0 spiro atoms. The Morgan fingerprint density at radius 1 is 1.18 bits per heavy atom. The fourth-order valence-electron chi connectivity index (χ4n) is 3.97. The van der Waals surface area contributed by atoms with Gasteiger partial charge in [-0.1, -0.05) is 12.1 Å². The second kappa shape index (κ2) is 7.73. The van der Waals surface area contributed by atoms with Gasteiger partial charge in [-0.05, 0) is 43.4 Å². The molecule has 2 aliphatic rings. The van der Waals surface area contributed by atoms with Gasteiger partial charge in [0.05, 0.1) is 6.54 Å². The van der Waals surface area contributed by atoms with Crippen LogP contribution in [0.3, 0.4) is 0 Å². The zero-order valence-corrected chi connectivity index (χ0v) is 15.4. The van der Waals surface area contributed by atoms with Crippen molar-refractivity contribution in [2.45, 2.75) is 51.3 Å². The van der Waals surface area contributed by atoms with E-state index in [9.17, 15) is 18.4 Å². The molecule has 2 aromatic rings. The summed E-state index contributed by atoms with van der Waals surface area (Å²) in [5.74, 6) is 0.701. The molecule has 1 unspecified atom stereocenters. The van der Waals surface area contributed by atoms with Crippen molar-refractivity contribution in [3.8, 4) is 5.75 Å². The molecule has 0 radical (unpaired) electrons. The van der Waals surface area contributed by atoms with E-state index in [-0.39, 0.29) is 23.9 Å². The number of amides is 1. The summed E-state index contributed by atoms with van der Waals surface area (Å²) in [6.45, 7) is -1.17. The number of ether oxygens (including phenoxy) is 1. The zero-order chi connectivity index (χ0) is 19.7. The summed E-state index contributed by atoms with van der Waals surface area (Å²) < 4.78 is 31.7. The minimum absolute atomic E-state index is 0.00796. The first-order chi connectivity index (χ1) is 13.5. The minimum Gasteiger partial charge on any atom is -0.435 e. The summed E-state index contributed by atoms with van der Waals surface area (Å²) in [5.41, 5.74) is 0.432. The predicted octanol–water partition coefficient (Wildman–Crippen LogP) is 2.19. The van der Waals surface area contributed by atoms with Gasteiger partial charge in [-0.15, -0.1) is 0 Å². The van der Waals surface area contributed by atoms with Gasteiger partial charge in [-0.25, -0.2) is 9.48 Å². The average Bonchev–Trinajstić information content (AvgIpc) is 3.31. The molecule has 1 atom stereocenters. The Kier molecular flexibility index (Phi) is 5.15. The molecule has 1 aromatic carbocycles. The highest BCUT2D eigenvalue weighted by molar-refractivity contribution is 5.80. The van der Waals surface area contributed by atoms with Crippen LogP contribution in [0.4, 0.5) is 8.78 Å². The lowest BCUT2D eigenvalue weighted by molar-refractivity contribution is -0.134. The predicted molar refractivity (Wildman–Crippen MR) is 96.5 cm³/mol. The third-order valence-corrected chi connectivity index (χ3v) is 5.31. The third kappa shape index (κ3) is 3.65. The van der Waals surface area contributed by atoms with Gasteiger partial charge in [0.15, 0.2) is 0 Å². The van der Waals surface area contributed by atoms with Crippen LogP contribution in [0.25, 0.3) is 0 Å². The first-order valence-corrected chi connectivity index (χ1v) is 9.53. The highest BCUT2D eigenvalue weighted by atomic mass is 19.3. The van der Waals surface area contributed by atoms with Crippen LogP contribution in [-0.2, 0) is 17.8 Å². The number of alkyl halides is 2. The third-order valence-electron chi connectivity index (χ3n) is 5.31. The Hall–Kier alpha value is -2.71. The van der Waals surface area contributed by atoms with E-state index in [2.05, 4.69) is 9.84 Å². The fraction of sp³-hybridized carbons (Fsp3) is 0.526. The van der Waals surface area contributed by atoms with Gasteiger partial charge in [-0.2, -0.15) is 13.9 Å². The number of aromatic nitrogens is 3. The SMILES string of the molecule is O=C(C1CCCc2nn(Cc3ccc(OC(F)F)cc3)c(=O)n21)N1CCCC1. The Bertz CT molecular complexity index is 901. The standard InChI is InChI=1S/C19H22F2N4O3/c20-18(21)28-14-8-6-13(7-9-14)12-24-19(27)25-15(4-3-5-16(25)22-24)17(26)23-10-1-2-11-23/h6-9,15,18H,1-5,10-12H2. The zero-order valence-electron chi connectivity index (χ0n) is 15.4. The Labute approximate surface area is 160 Å². The van der Waals surface area contributed by atoms with Crippen LogP contribution in [-0.4, -0.2) is 44.9 Å². The van der Waals surface area contributed by atoms with Crippen LogP contribution in [0, 0.1) is 0 Å². The summed E-state index contributed by atoms with van der Waals surface area (Å²) in [6, 6.07) is 5.62. The fourth-order valence-corrected chi connectivity index (χ4v) is 3.97. The van der Waals surface area contributed by atoms with Gasteiger partial charge in [0.25, 0.3) is 0 Å². The van der Waals surface area contributed by atoms with Crippen molar-refractivity contribution in [1.82, 2.24) is 19.2 Å². The number of carbonyl (C=O) groups is 1. The molecular weight excluding hydrogens is 370 g/mol. The summed E-state index contributed by atoms with van der Waals surface area (Å²) in [5, 5.41) is 4.42. The molecule has 1 fully saturated rings. The van der Waals surface area contributed by atoms with Crippen molar-refractivity contribution in [3.05, 3.63) is 46.1 Å². The first-order valence-electron chi connectivity index (χ1n) is 9.53. The monoisotopic (exact) mass is 392 g/mol. The van der Waals surface area contributed by atoms with Crippen LogP contribution in [0.15, 0.2) is 29.1 Å². The number of halogens is 2. The molecular formula is C19H22F2N4O3. The highest BCUT2D eigenvalue weighted by Gasteiger charge is 2.34. The van der Waals surface area contributed by atoms with Crippen LogP contribution >= 0.6 is 0 Å². The van der Waals surface area contributed by atoms with Gasteiger partial charge in [-0.3, -0.25) is 9.36 Å². The average molecular weight is 392 g/mol. The Morgan fingerprint density at radius 3 is 2.57 bits per heavy atom. The number of nitrogens with zero attached hydrogens (tertiary/aromatic N) is 4. The number of hydrogen-bond acceptors (Lipinski definition) is 4. The van der Waals surface area contributed by atoms with E-state index >= 15 is 0 Å². The molecule has 4 rings (SSSR count). The number of fused-ring (bicyclic) bond motifs is 1. The van der Waals surface area contributed by atoms with Crippen LogP contribution in [0.5, 0.6) is 5.75 Å². The molecule has 7 nitrogen and oxygen atoms in total. The van der Waals surface area contributed by atoms with E-state index in [1.165, 1.54) is 16.8 Å². The maximum Gasteiger partial charge on any atom is 0.387 e. The van der Waals surface area contributed by atoms with Gasteiger partial charge in [0.1, 0.15) is 17.6 Å². The molecule has 0 bridgehead atoms. The van der Waals surface area contributed by atoms with E-state index in [0.717, 1.165) is 37.9 Å². The maximum absolute atomic E-state index is 12.9. The van der Waals surface area contributed by atoms with Crippen molar-refractivity contribution < 1.29 is 18.3 Å². The van der Waals surface area contributed by atoms with Crippen molar-refractivity contribution in [1.29, 1.82) is 0 Å². The molecule has 150 valence electrons. The van der Waals surface area contributed by atoms with Gasteiger partial charge >= 0.3 is 12.3 Å². The number of aryl methyl sites for hydroxylation is 1. The molecule has 0 N–H and O–H groups in total. The molecule has 0 aliphatic carbocycles. The highest BCUT2D eigenvalue weighted by Crippen LogP contribution is 2.25. The molecule has 1 amide bonds. The summed E-state index contributed by atoms with van der Waals surface area (Å²) in [6.07, 6.45) is 4.14. The van der Waals surface area contributed by atoms with Crippen LogP contribution < -0.4 is 10.4 Å². The van der Waals surface area contributed by atoms with E-state index in [4.69, 9.17) is 0 Å². The van der Waals surface area contributed by atoms with E-state index in [1.54, 1.807) is 16.7 Å². The van der Waals surface area contributed by atoms with Crippen molar-refractivity contribution in [2.75, 3.05) is 13.1 Å². The first kappa shape index (κ1) is 18.6. The summed E-state index contributed by atoms with van der Waals surface area (Å²) in [7, 11) is 0. The molecule has 3 heterocycles. The number of benzene rings is 1. The molecule has 1 saturated heterocycles. The van der Waals surface area contributed by atoms with E-state index < -0.39 is 12.7 Å². The lowest BCUT2D eigenvalue weighted by atomic mass is 10.0. The van der Waals surface area contributed by atoms with E-state index in [0.29, 0.717) is 18.7 Å². The van der Waals surface area contributed by atoms with Gasteiger partial charge in [0, 0.05) is 19.5 Å². The van der Waals surface area contributed by atoms with Crippen molar-refractivity contribution in [3.63, 3.8) is 0 Å². The Morgan fingerprint density at radius 2 is 1.89 bits per heavy atom. The summed E-state index contributed by atoms with van der Waals surface area (Å²) in [4.78, 5) is 27.6. The second-order valence-corrected chi connectivity index (χ2v) is 7.19. The van der Waals surface area contributed by atoms with Crippen LogP contribution in [0.2, 0.25) is 0 Å². The number of hydrogen-bond donors (Lipinski definition) is 0. The number of rotatable bonds is 5. The second-order valence-electron chi connectivity index (χ2n) is 7.19.